The van der Waals surface area contributed by atoms with Gasteiger partial charge in [0.15, 0.2) is 34.9 Å². The van der Waals surface area contributed by atoms with Gasteiger partial charge in [0, 0.05) is 75.5 Å². The number of likely N-dealkylation sites (tertiary alicyclic amines) is 3. The van der Waals surface area contributed by atoms with Crippen LogP contribution in [-0.4, -0.2) is 199 Å². The molecule has 31 heteroatoms. The predicted octanol–water partition coefficient (Wildman–Crippen LogP) is 16.2. The molecule has 0 spiro atoms. The van der Waals surface area contributed by atoms with Gasteiger partial charge in [0.05, 0.1) is 21.3 Å². The Morgan fingerprint density at radius 3 is 0.992 bits per heavy atom. The molecule has 6 aliphatic heterocycles. The van der Waals surface area contributed by atoms with Crippen molar-refractivity contribution >= 4 is 54.3 Å². The molecule has 9 fully saturated rings. The van der Waals surface area contributed by atoms with E-state index in [0.29, 0.717) is 60.8 Å². The first-order valence-corrected chi connectivity index (χ1v) is 42.7. The Bertz CT molecular complexity index is 4860. The van der Waals surface area contributed by atoms with Gasteiger partial charge in [-0.3, -0.25) is 14.7 Å². The fraction of sp³-hybridized carbons (Fsp3) is 0.457. The van der Waals surface area contributed by atoms with Crippen molar-refractivity contribution < 1.29 is 103 Å². The highest BCUT2D eigenvalue weighted by molar-refractivity contribution is 5.98. The van der Waals surface area contributed by atoms with Gasteiger partial charge in [0.25, 0.3) is 0 Å². The van der Waals surface area contributed by atoms with Crippen LogP contribution < -0.4 is 21.1 Å². The van der Waals surface area contributed by atoms with Crippen molar-refractivity contribution in [1.82, 2.24) is 40.0 Å². The molecule has 9 atom stereocenters. The average Bonchev–Trinajstić information content (AvgIpc) is 1.63. The van der Waals surface area contributed by atoms with Gasteiger partial charge in [-0.05, 0) is 224 Å². The molecule has 0 bridgehead atoms. The summed E-state index contributed by atoms with van der Waals surface area (Å²) in [4.78, 5) is 123. The minimum absolute atomic E-state index is 0.0407. The Kier molecular flexibility index (Phi) is 30.1. The van der Waals surface area contributed by atoms with Crippen LogP contribution in [0.15, 0.2) is 152 Å². The maximum atomic E-state index is 14.0. The van der Waals surface area contributed by atoms with Crippen LogP contribution in [-0.2, 0) is 42.8 Å². The van der Waals surface area contributed by atoms with E-state index in [1.807, 2.05) is 6.92 Å². The largest absolute Gasteiger partial charge is 0.466 e. The van der Waals surface area contributed by atoms with Gasteiger partial charge in [-0.2, -0.15) is 4.90 Å². The molecule has 666 valence electrons. The van der Waals surface area contributed by atoms with E-state index in [2.05, 4.69) is 124 Å². The van der Waals surface area contributed by atoms with E-state index in [-0.39, 0.29) is 34.5 Å². The second-order valence-electron chi connectivity index (χ2n) is 33.8. The standard InChI is InChI=1S/2C29H33F2N3O5.C19H15F2NO6.C17H26N2/c2*1-17-4-3-5-19(14-17)18-6-9-22(10-7-18)33-13-12-21(16-33)32-28(36)34-25(20-8-11-23(30)24(31)15-20)26(27(35)38-2)39-29(34)37;1-10-3-6-12(7-4-10)27-18(24)22-15(11-5-8-13(20)14(21)9-11)16(17(23)26-2)28-19(22)25;1-13-3-2-4-15(11-13)14-5-7-17(8-6-14)19-10-9-16(18)12-19/h2*3-5,8,11,14-15,18,21-22,25-26H,6-7,9-10,12-13,16H2,1-2H3,(H,32,36);3-9,15-16H,1-2H3;2-4,11,14,16-17H,5-10,12,18H2,1H3. The number of benzene rings is 7. The van der Waals surface area contributed by atoms with Gasteiger partial charge in [-0.1, -0.05) is 125 Å². The molecular weight excluding hydrogens is 1630 g/mol. The van der Waals surface area contributed by atoms with Gasteiger partial charge in [0.2, 0.25) is 18.3 Å². The number of carbonyl (C=O) groups excluding carboxylic acids is 9. The molecule has 9 aliphatic rings. The first kappa shape index (κ1) is 91.3. The summed E-state index contributed by atoms with van der Waals surface area (Å²) in [7, 11) is 3.29. The molecule has 3 saturated carbocycles. The molecule has 16 rings (SSSR count). The number of amides is 8. The summed E-state index contributed by atoms with van der Waals surface area (Å²) in [5.41, 5.74) is 15.3. The number of nitrogens with zero attached hydrogens (tertiary/aromatic N) is 6. The third-order valence-electron chi connectivity index (χ3n) is 25.5. The Hall–Kier alpha value is -11.4. The maximum absolute atomic E-state index is 14.0. The third kappa shape index (κ3) is 21.9. The number of cyclic esters (lactones) is 3. The van der Waals surface area contributed by atoms with Gasteiger partial charge >= 0.3 is 54.3 Å². The van der Waals surface area contributed by atoms with E-state index in [4.69, 9.17) is 34.2 Å². The molecule has 8 amide bonds. The summed E-state index contributed by atoms with van der Waals surface area (Å²) < 4.78 is 117. The number of esters is 3. The van der Waals surface area contributed by atoms with Gasteiger partial charge in [-0.15, -0.1) is 0 Å². The molecule has 0 radical (unpaired) electrons. The summed E-state index contributed by atoms with van der Waals surface area (Å²) in [6.45, 7) is 13.6. The lowest BCUT2D eigenvalue weighted by Crippen LogP contribution is -2.48. The normalized spacial score (nSPS) is 26.2. The molecule has 4 N–H and O–H groups in total. The first-order valence-electron chi connectivity index (χ1n) is 42.7. The number of aryl methyl sites for hydroxylation is 4. The van der Waals surface area contributed by atoms with Crippen LogP contribution >= 0.6 is 0 Å². The summed E-state index contributed by atoms with van der Waals surface area (Å²) >= 11 is 0. The van der Waals surface area contributed by atoms with Crippen molar-refractivity contribution in [2.24, 2.45) is 5.73 Å². The van der Waals surface area contributed by atoms with Gasteiger partial charge < -0.3 is 49.5 Å². The minimum Gasteiger partial charge on any atom is -0.466 e. The lowest BCUT2D eigenvalue weighted by Gasteiger charge is -2.35. The highest BCUT2D eigenvalue weighted by Crippen LogP contribution is 2.43. The quantitative estimate of drug-likeness (QED) is 0.0488. The first-order chi connectivity index (χ1) is 60.0. The number of methoxy groups -OCH3 is 3. The molecule has 6 heterocycles. The SMILES string of the molecule is COC(=O)C1OC(=O)N(C(=O)NC2CCN(C3CCC(c4cccc(C)c4)CC3)C2)C1c1ccc(F)c(F)c1.COC(=O)C1OC(=O)N(C(=O)NC2CCN(C3CCC(c4cccc(C)c4)CC3)C2)C1c1ccc(F)c(F)c1.COC(=O)C1OC(=O)N(C(=O)Oc2ccc(C)cc2)C1c1ccc(F)c(F)c1.Cc1cccc(C2CCC(N3CCC(N)C3)CC2)c1. The van der Waals surface area contributed by atoms with Crippen molar-refractivity contribution in [3.63, 3.8) is 0 Å². The predicted molar refractivity (Wildman–Crippen MR) is 447 cm³/mol. The molecule has 7 aromatic carbocycles. The smallest absolute Gasteiger partial charge is 0.425 e. The molecule has 125 heavy (non-hydrogen) atoms. The van der Waals surface area contributed by atoms with Crippen LogP contribution in [0.1, 0.15) is 188 Å². The van der Waals surface area contributed by atoms with E-state index >= 15 is 0 Å². The van der Waals surface area contributed by atoms with Crippen molar-refractivity contribution in [1.29, 1.82) is 0 Å². The number of urea groups is 2. The number of nitrogens with one attached hydrogen (secondary N) is 2. The van der Waals surface area contributed by atoms with E-state index in [9.17, 15) is 69.5 Å². The molecule has 25 nitrogen and oxygen atoms in total. The number of carbonyl (C=O) groups is 9. The van der Waals surface area contributed by atoms with Crippen LogP contribution in [0.25, 0.3) is 0 Å². The number of ether oxygens (including phenoxy) is 7. The van der Waals surface area contributed by atoms with Crippen LogP contribution in [0.3, 0.4) is 0 Å². The Labute approximate surface area is 722 Å². The number of imide groups is 3. The van der Waals surface area contributed by atoms with Gasteiger partial charge in [-0.25, -0.2) is 79.3 Å². The molecule has 6 saturated heterocycles. The minimum atomic E-state index is -1.56. The van der Waals surface area contributed by atoms with Crippen LogP contribution in [0.4, 0.5) is 55.1 Å². The number of halogens is 6. The molecule has 3 aliphatic carbocycles. The molecular formula is C94H107F6N9O16. The van der Waals surface area contributed by atoms with Crippen LogP contribution in [0.5, 0.6) is 5.75 Å². The summed E-state index contributed by atoms with van der Waals surface area (Å²) in [6, 6.07) is 37.7. The third-order valence-corrected chi connectivity index (χ3v) is 25.5. The topological polar surface area (TPSA) is 288 Å². The zero-order valence-electron chi connectivity index (χ0n) is 71.0. The Morgan fingerprint density at radius 1 is 0.360 bits per heavy atom. The van der Waals surface area contributed by atoms with E-state index in [0.717, 1.165) is 162 Å². The second-order valence-corrected chi connectivity index (χ2v) is 33.8. The zero-order valence-corrected chi connectivity index (χ0v) is 71.0. The number of rotatable bonds is 15. The lowest BCUT2D eigenvalue weighted by molar-refractivity contribution is -0.150. The number of nitrogens with two attached hydrogens (primary N) is 1. The van der Waals surface area contributed by atoms with Crippen molar-refractivity contribution in [2.45, 2.75) is 214 Å². The summed E-state index contributed by atoms with van der Waals surface area (Å²) in [5.74, 6) is -7.56. The molecule has 9 unspecified atom stereocenters. The van der Waals surface area contributed by atoms with E-state index < -0.39 is 126 Å². The van der Waals surface area contributed by atoms with Crippen LogP contribution in [0, 0.1) is 62.6 Å². The number of hydrogen-bond acceptors (Lipinski definition) is 20. The van der Waals surface area contributed by atoms with Crippen molar-refractivity contribution in [2.75, 3.05) is 60.6 Å². The highest BCUT2D eigenvalue weighted by atomic mass is 19.2. The van der Waals surface area contributed by atoms with Crippen molar-refractivity contribution in [3.05, 3.63) is 242 Å². The lowest BCUT2D eigenvalue weighted by atomic mass is 9.81. The number of hydrogen-bond donors (Lipinski definition) is 3. The molecule has 0 aromatic heterocycles. The second kappa shape index (κ2) is 41.1. The maximum Gasteiger partial charge on any atom is 0.425 e. The Balaban J connectivity index is 0.000000148. The summed E-state index contributed by atoms with van der Waals surface area (Å²) in [5, 5.41) is 5.78. The summed E-state index contributed by atoms with van der Waals surface area (Å²) in [6.07, 6.45) is 7.81. The fourth-order valence-electron chi connectivity index (χ4n) is 18.9. The molecule has 7 aromatic rings. The highest BCUT2D eigenvalue weighted by Gasteiger charge is 2.55. The van der Waals surface area contributed by atoms with Crippen molar-refractivity contribution in [3.8, 4) is 5.75 Å². The van der Waals surface area contributed by atoms with Gasteiger partial charge in [0.1, 0.15) is 23.9 Å². The van der Waals surface area contributed by atoms with E-state index in [1.54, 1.807) is 17.7 Å². The van der Waals surface area contributed by atoms with Crippen LogP contribution in [0.2, 0.25) is 0 Å². The zero-order chi connectivity index (χ0) is 89.0. The fourth-order valence-corrected chi connectivity index (χ4v) is 18.9. The van der Waals surface area contributed by atoms with E-state index in [1.165, 1.54) is 90.7 Å². The monoisotopic (exact) mass is 1730 g/mol. The average molecular weight is 1730 g/mol. The Morgan fingerprint density at radius 2 is 0.680 bits per heavy atom.